The van der Waals surface area contributed by atoms with E-state index in [9.17, 15) is 9.18 Å². The number of benzene rings is 1. The summed E-state index contributed by atoms with van der Waals surface area (Å²) in [7, 11) is 0. The zero-order valence-electron chi connectivity index (χ0n) is 16.0. The molecule has 2 N–H and O–H groups in total. The molecule has 0 atom stereocenters. The Hall–Kier alpha value is -3.29. The van der Waals surface area contributed by atoms with Crippen LogP contribution in [0.5, 0.6) is 0 Å². The van der Waals surface area contributed by atoms with E-state index in [4.69, 9.17) is 5.73 Å². The SMILES string of the molecule is NC(=O)CC1CCN(c2nnc(-c3cccnc3)n2Cc2ccc(F)cc2)CC1. The van der Waals surface area contributed by atoms with Crippen LogP contribution >= 0.6 is 0 Å². The van der Waals surface area contributed by atoms with E-state index in [-0.39, 0.29) is 11.7 Å². The molecule has 1 aliphatic heterocycles. The van der Waals surface area contributed by atoms with Gasteiger partial charge < -0.3 is 10.6 Å². The Morgan fingerprint density at radius 3 is 2.55 bits per heavy atom. The summed E-state index contributed by atoms with van der Waals surface area (Å²) in [6.45, 7) is 2.09. The number of nitrogens with zero attached hydrogens (tertiary/aromatic N) is 5. The Morgan fingerprint density at radius 1 is 1.14 bits per heavy atom. The highest BCUT2D eigenvalue weighted by atomic mass is 19.1. The molecule has 1 saturated heterocycles. The highest BCUT2D eigenvalue weighted by Gasteiger charge is 2.25. The summed E-state index contributed by atoms with van der Waals surface area (Å²) in [4.78, 5) is 17.6. The second-order valence-electron chi connectivity index (χ2n) is 7.38. The summed E-state index contributed by atoms with van der Waals surface area (Å²) in [6.07, 6.45) is 5.67. The first-order chi connectivity index (χ1) is 14.1. The number of pyridine rings is 1. The van der Waals surface area contributed by atoms with Crippen LogP contribution in [-0.2, 0) is 11.3 Å². The zero-order valence-corrected chi connectivity index (χ0v) is 16.0. The molecule has 1 aliphatic rings. The first-order valence-corrected chi connectivity index (χ1v) is 9.71. The number of nitrogens with two attached hydrogens (primary N) is 1. The van der Waals surface area contributed by atoms with Gasteiger partial charge in [-0.2, -0.15) is 0 Å². The van der Waals surface area contributed by atoms with E-state index in [1.807, 2.05) is 16.7 Å². The minimum atomic E-state index is -0.262. The van der Waals surface area contributed by atoms with E-state index in [1.165, 1.54) is 12.1 Å². The number of halogens is 1. The monoisotopic (exact) mass is 394 g/mol. The lowest BCUT2D eigenvalue weighted by Gasteiger charge is -2.32. The van der Waals surface area contributed by atoms with Crippen molar-refractivity contribution >= 4 is 11.9 Å². The molecule has 1 fully saturated rings. The van der Waals surface area contributed by atoms with Crippen molar-refractivity contribution in [3.8, 4) is 11.4 Å². The van der Waals surface area contributed by atoms with E-state index in [2.05, 4.69) is 20.1 Å². The number of amides is 1. The number of rotatable bonds is 6. The normalized spacial score (nSPS) is 14.9. The Kier molecular flexibility index (Phi) is 5.50. The molecule has 29 heavy (non-hydrogen) atoms. The van der Waals surface area contributed by atoms with Gasteiger partial charge in [-0.1, -0.05) is 12.1 Å². The third kappa shape index (κ3) is 4.42. The van der Waals surface area contributed by atoms with Gasteiger partial charge in [0, 0.05) is 37.5 Å². The number of aromatic nitrogens is 4. The van der Waals surface area contributed by atoms with E-state index in [0.717, 1.165) is 48.8 Å². The van der Waals surface area contributed by atoms with Gasteiger partial charge in [-0.3, -0.25) is 14.3 Å². The zero-order chi connectivity index (χ0) is 20.2. The lowest BCUT2D eigenvalue weighted by Crippen LogP contribution is -2.36. The second kappa shape index (κ2) is 8.38. The molecule has 1 amide bonds. The lowest BCUT2D eigenvalue weighted by molar-refractivity contribution is -0.119. The largest absolute Gasteiger partial charge is 0.370 e. The van der Waals surface area contributed by atoms with Gasteiger partial charge in [0.05, 0.1) is 6.54 Å². The molecule has 3 heterocycles. The molecular weight excluding hydrogens is 371 g/mol. The number of hydrogen-bond acceptors (Lipinski definition) is 5. The molecule has 0 unspecified atom stereocenters. The maximum Gasteiger partial charge on any atom is 0.227 e. The fraction of sp³-hybridized carbons (Fsp3) is 0.333. The van der Waals surface area contributed by atoms with Gasteiger partial charge in [-0.05, 0) is 48.6 Å². The van der Waals surface area contributed by atoms with E-state index < -0.39 is 0 Å². The molecule has 0 saturated carbocycles. The predicted molar refractivity (Wildman–Crippen MR) is 108 cm³/mol. The van der Waals surface area contributed by atoms with E-state index >= 15 is 0 Å². The summed E-state index contributed by atoms with van der Waals surface area (Å²) in [5.74, 6) is 1.29. The molecule has 0 aliphatic carbocycles. The second-order valence-corrected chi connectivity index (χ2v) is 7.38. The van der Waals surface area contributed by atoms with Crippen molar-refractivity contribution < 1.29 is 9.18 Å². The van der Waals surface area contributed by atoms with Gasteiger partial charge in [0.25, 0.3) is 0 Å². The standard InChI is InChI=1S/C21H23FN6O/c22-18-5-3-16(4-6-18)14-28-20(17-2-1-9-24-13-17)25-26-21(28)27-10-7-15(8-11-27)12-19(23)29/h1-6,9,13,15H,7-8,10-12,14H2,(H2,23,29). The van der Waals surface area contributed by atoms with Crippen LogP contribution in [0.25, 0.3) is 11.4 Å². The summed E-state index contributed by atoms with van der Waals surface area (Å²) < 4.78 is 15.4. The molecule has 0 bridgehead atoms. The smallest absolute Gasteiger partial charge is 0.227 e. The van der Waals surface area contributed by atoms with Crippen molar-refractivity contribution in [2.75, 3.05) is 18.0 Å². The first kappa shape index (κ1) is 19.0. The van der Waals surface area contributed by atoms with Gasteiger partial charge in [-0.15, -0.1) is 10.2 Å². The van der Waals surface area contributed by atoms with Crippen molar-refractivity contribution in [3.05, 3.63) is 60.2 Å². The summed E-state index contributed by atoms with van der Waals surface area (Å²) in [6, 6.07) is 10.3. The molecule has 0 radical (unpaired) electrons. The summed E-state index contributed by atoms with van der Waals surface area (Å²) >= 11 is 0. The number of anilines is 1. The fourth-order valence-electron chi connectivity index (χ4n) is 3.78. The minimum absolute atomic E-state index is 0.248. The van der Waals surface area contributed by atoms with E-state index in [1.54, 1.807) is 24.5 Å². The number of carbonyl (C=O) groups is 1. The van der Waals surface area contributed by atoms with Gasteiger partial charge in [0.15, 0.2) is 5.82 Å². The maximum absolute atomic E-state index is 13.3. The van der Waals surface area contributed by atoms with E-state index in [0.29, 0.717) is 18.9 Å². The minimum Gasteiger partial charge on any atom is -0.370 e. The number of carbonyl (C=O) groups excluding carboxylic acids is 1. The van der Waals surface area contributed by atoms with Crippen LogP contribution in [0.1, 0.15) is 24.8 Å². The predicted octanol–water partition coefficient (Wildman–Crippen LogP) is 2.62. The fourth-order valence-corrected chi connectivity index (χ4v) is 3.78. The molecule has 150 valence electrons. The average molecular weight is 394 g/mol. The number of hydrogen-bond donors (Lipinski definition) is 1. The molecule has 8 heteroatoms. The highest BCUT2D eigenvalue weighted by molar-refractivity contribution is 5.74. The average Bonchev–Trinajstić information content (AvgIpc) is 3.14. The first-order valence-electron chi connectivity index (χ1n) is 9.71. The Balaban J connectivity index is 1.62. The van der Waals surface area contributed by atoms with Crippen LogP contribution in [0.15, 0.2) is 48.8 Å². The molecule has 2 aromatic heterocycles. The molecule has 1 aromatic carbocycles. The van der Waals surface area contributed by atoms with Crippen LogP contribution in [0.3, 0.4) is 0 Å². The molecule has 7 nitrogen and oxygen atoms in total. The number of primary amides is 1. The van der Waals surface area contributed by atoms with Gasteiger partial charge in [0.2, 0.25) is 11.9 Å². The topological polar surface area (TPSA) is 89.9 Å². The van der Waals surface area contributed by atoms with Crippen molar-refractivity contribution in [2.24, 2.45) is 11.7 Å². The molecule has 0 spiro atoms. The van der Waals surface area contributed by atoms with Crippen molar-refractivity contribution in [1.82, 2.24) is 19.7 Å². The quantitative estimate of drug-likeness (QED) is 0.694. The molecular formula is C21H23FN6O. The van der Waals surface area contributed by atoms with Gasteiger partial charge in [0.1, 0.15) is 5.82 Å². The summed E-state index contributed by atoms with van der Waals surface area (Å²) in [5, 5.41) is 8.89. The third-order valence-electron chi connectivity index (χ3n) is 5.29. The summed E-state index contributed by atoms with van der Waals surface area (Å²) in [5.41, 5.74) is 7.18. The van der Waals surface area contributed by atoms with Crippen molar-refractivity contribution in [2.45, 2.75) is 25.8 Å². The Morgan fingerprint density at radius 2 is 1.90 bits per heavy atom. The van der Waals surface area contributed by atoms with Crippen LogP contribution in [0.2, 0.25) is 0 Å². The van der Waals surface area contributed by atoms with Crippen molar-refractivity contribution in [3.63, 3.8) is 0 Å². The van der Waals surface area contributed by atoms with Crippen LogP contribution in [0.4, 0.5) is 10.3 Å². The maximum atomic E-state index is 13.3. The van der Waals surface area contributed by atoms with Crippen LogP contribution in [-0.4, -0.2) is 38.7 Å². The van der Waals surface area contributed by atoms with Crippen LogP contribution < -0.4 is 10.6 Å². The third-order valence-corrected chi connectivity index (χ3v) is 5.29. The van der Waals surface area contributed by atoms with Gasteiger partial charge in [-0.25, -0.2) is 4.39 Å². The lowest BCUT2D eigenvalue weighted by atomic mass is 9.93. The van der Waals surface area contributed by atoms with Crippen LogP contribution in [0, 0.1) is 11.7 Å². The van der Waals surface area contributed by atoms with Gasteiger partial charge >= 0.3 is 0 Å². The molecule has 3 aromatic rings. The Labute approximate surface area is 168 Å². The van der Waals surface area contributed by atoms with Crippen molar-refractivity contribution in [1.29, 1.82) is 0 Å². The molecule has 4 rings (SSSR count). The highest BCUT2D eigenvalue weighted by Crippen LogP contribution is 2.28. The number of piperidine rings is 1. The Bertz CT molecular complexity index is 965.